The molecule has 3 aromatic carbocycles. The summed E-state index contributed by atoms with van der Waals surface area (Å²) in [6.07, 6.45) is 0. The summed E-state index contributed by atoms with van der Waals surface area (Å²) >= 11 is 0. The second kappa shape index (κ2) is 9.13. The minimum Gasteiger partial charge on any atom is -0.482 e. The molecule has 0 N–H and O–H groups in total. The Bertz CT molecular complexity index is 1210. The zero-order valence-corrected chi connectivity index (χ0v) is 18.4. The first kappa shape index (κ1) is 21.9. The van der Waals surface area contributed by atoms with Gasteiger partial charge in [0, 0.05) is 37.4 Å². The molecule has 2 amide bonds. The van der Waals surface area contributed by atoms with Crippen molar-refractivity contribution in [1.82, 2.24) is 4.90 Å². The number of carbonyl (C=O) groups is 2. The van der Waals surface area contributed by atoms with E-state index in [-0.39, 0.29) is 36.6 Å². The van der Waals surface area contributed by atoms with Crippen molar-refractivity contribution in [3.05, 3.63) is 89.5 Å². The number of halogens is 2. The lowest BCUT2D eigenvalue weighted by molar-refractivity contribution is -0.121. The normalized spacial score (nSPS) is 15.7. The van der Waals surface area contributed by atoms with Gasteiger partial charge in [0.1, 0.15) is 17.4 Å². The van der Waals surface area contributed by atoms with Crippen LogP contribution in [0.2, 0.25) is 0 Å². The van der Waals surface area contributed by atoms with Gasteiger partial charge in [0.05, 0.1) is 12.2 Å². The Morgan fingerprint density at radius 3 is 2.18 bits per heavy atom. The maximum Gasteiger partial charge on any atom is 0.265 e. The van der Waals surface area contributed by atoms with Gasteiger partial charge in [0.2, 0.25) is 0 Å². The molecule has 5 rings (SSSR count). The Kier molecular flexibility index (Phi) is 5.88. The lowest BCUT2D eigenvalue weighted by atomic mass is 10.1. The minimum absolute atomic E-state index is 0.0904. The molecule has 2 aliphatic heterocycles. The predicted molar refractivity (Wildman–Crippen MR) is 124 cm³/mol. The van der Waals surface area contributed by atoms with Crippen molar-refractivity contribution in [2.45, 2.75) is 6.54 Å². The molecular formula is C26H23F2N3O3. The number of rotatable bonds is 4. The number of nitrogens with zero attached hydrogens (tertiary/aromatic N) is 3. The van der Waals surface area contributed by atoms with E-state index in [1.807, 2.05) is 0 Å². The molecule has 0 spiro atoms. The van der Waals surface area contributed by atoms with Crippen LogP contribution < -0.4 is 14.5 Å². The van der Waals surface area contributed by atoms with E-state index >= 15 is 0 Å². The number of piperazine rings is 1. The van der Waals surface area contributed by atoms with Crippen LogP contribution in [0, 0.1) is 11.6 Å². The number of anilines is 2. The summed E-state index contributed by atoms with van der Waals surface area (Å²) in [6, 6.07) is 17.4. The van der Waals surface area contributed by atoms with Crippen molar-refractivity contribution >= 4 is 23.2 Å². The quantitative estimate of drug-likeness (QED) is 0.590. The van der Waals surface area contributed by atoms with Gasteiger partial charge in [-0.05, 0) is 60.2 Å². The minimum atomic E-state index is -0.343. The number of fused-ring (bicyclic) bond motifs is 1. The van der Waals surface area contributed by atoms with Crippen molar-refractivity contribution in [1.29, 1.82) is 0 Å². The van der Waals surface area contributed by atoms with Crippen molar-refractivity contribution in [3.8, 4) is 5.75 Å². The van der Waals surface area contributed by atoms with Gasteiger partial charge in [0.15, 0.2) is 6.61 Å². The third-order valence-electron chi connectivity index (χ3n) is 6.16. The Morgan fingerprint density at radius 2 is 1.50 bits per heavy atom. The van der Waals surface area contributed by atoms with Gasteiger partial charge in [0.25, 0.3) is 11.8 Å². The van der Waals surface area contributed by atoms with Crippen LogP contribution in [0.1, 0.15) is 15.9 Å². The van der Waals surface area contributed by atoms with E-state index in [1.54, 1.807) is 52.3 Å². The van der Waals surface area contributed by atoms with Gasteiger partial charge in [-0.15, -0.1) is 0 Å². The molecule has 0 aromatic heterocycles. The smallest absolute Gasteiger partial charge is 0.265 e. The summed E-state index contributed by atoms with van der Waals surface area (Å²) in [6.45, 7) is 2.50. The number of hydrogen-bond acceptors (Lipinski definition) is 4. The van der Waals surface area contributed by atoms with Crippen LogP contribution in [0.4, 0.5) is 20.2 Å². The second-order valence-electron chi connectivity index (χ2n) is 8.33. The fourth-order valence-electron chi connectivity index (χ4n) is 4.28. The zero-order valence-electron chi connectivity index (χ0n) is 18.4. The van der Waals surface area contributed by atoms with Crippen LogP contribution in [-0.2, 0) is 11.3 Å². The van der Waals surface area contributed by atoms with E-state index < -0.39 is 0 Å². The van der Waals surface area contributed by atoms with Crippen molar-refractivity contribution in [2.75, 3.05) is 42.6 Å². The van der Waals surface area contributed by atoms with Gasteiger partial charge in [-0.1, -0.05) is 12.1 Å². The van der Waals surface area contributed by atoms with E-state index in [0.717, 1.165) is 11.3 Å². The van der Waals surface area contributed by atoms with Crippen LogP contribution in [0.15, 0.2) is 66.7 Å². The zero-order chi connectivity index (χ0) is 23.7. The highest BCUT2D eigenvalue weighted by molar-refractivity contribution is 6.01. The van der Waals surface area contributed by atoms with Crippen LogP contribution in [0.25, 0.3) is 0 Å². The van der Waals surface area contributed by atoms with Gasteiger partial charge in [-0.25, -0.2) is 8.78 Å². The molecule has 0 radical (unpaired) electrons. The highest BCUT2D eigenvalue weighted by Crippen LogP contribution is 2.34. The molecule has 1 saturated heterocycles. The molecule has 2 aliphatic rings. The average Bonchev–Trinajstić information content (AvgIpc) is 2.87. The molecule has 1 fully saturated rings. The van der Waals surface area contributed by atoms with Crippen LogP contribution >= 0.6 is 0 Å². The fourth-order valence-corrected chi connectivity index (χ4v) is 4.28. The number of amides is 2. The van der Waals surface area contributed by atoms with Gasteiger partial charge < -0.3 is 19.4 Å². The molecule has 2 heterocycles. The monoisotopic (exact) mass is 463 g/mol. The summed E-state index contributed by atoms with van der Waals surface area (Å²) in [5.41, 5.74) is 2.69. The maximum absolute atomic E-state index is 13.3. The highest BCUT2D eigenvalue weighted by Gasteiger charge is 2.28. The SMILES string of the molecule is O=C(c1ccc2c(c1)N(Cc1ccc(F)cc1)C(=O)CO2)N1CCN(c2ccc(F)cc2)CC1. The van der Waals surface area contributed by atoms with Crippen molar-refractivity contribution < 1.29 is 23.1 Å². The summed E-state index contributed by atoms with van der Waals surface area (Å²) in [5, 5.41) is 0. The van der Waals surface area contributed by atoms with Gasteiger partial charge in [-0.3, -0.25) is 9.59 Å². The van der Waals surface area contributed by atoms with Crippen LogP contribution in [0.3, 0.4) is 0 Å². The van der Waals surface area contributed by atoms with E-state index in [2.05, 4.69) is 4.90 Å². The summed E-state index contributed by atoms with van der Waals surface area (Å²) < 4.78 is 32.0. The van der Waals surface area contributed by atoms with E-state index in [1.165, 1.54) is 24.3 Å². The Morgan fingerprint density at radius 1 is 0.853 bits per heavy atom. The first-order chi connectivity index (χ1) is 16.5. The van der Waals surface area contributed by atoms with Gasteiger partial charge >= 0.3 is 0 Å². The lowest BCUT2D eigenvalue weighted by Gasteiger charge is -2.36. The van der Waals surface area contributed by atoms with E-state index in [0.29, 0.717) is 43.2 Å². The number of carbonyl (C=O) groups excluding carboxylic acids is 2. The molecule has 0 unspecified atom stereocenters. The average molecular weight is 463 g/mol. The molecule has 34 heavy (non-hydrogen) atoms. The molecule has 0 bridgehead atoms. The third-order valence-corrected chi connectivity index (χ3v) is 6.16. The predicted octanol–water partition coefficient (Wildman–Crippen LogP) is 3.85. The molecule has 0 atom stereocenters. The van der Waals surface area contributed by atoms with Crippen molar-refractivity contribution in [3.63, 3.8) is 0 Å². The molecule has 6 nitrogen and oxygen atoms in total. The maximum atomic E-state index is 13.3. The van der Waals surface area contributed by atoms with E-state index in [9.17, 15) is 18.4 Å². The Balaban J connectivity index is 1.31. The molecule has 174 valence electrons. The molecular weight excluding hydrogens is 440 g/mol. The fraction of sp³-hybridized carbons (Fsp3) is 0.231. The first-order valence-electron chi connectivity index (χ1n) is 11.1. The number of benzene rings is 3. The topological polar surface area (TPSA) is 53.1 Å². The standard InChI is InChI=1S/C26H23F2N3O3/c27-20-4-1-18(2-5-20)16-31-23-15-19(3-10-24(23)34-17-25(31)32)26(33)30-13-11-29(12-14-30)22-8-6-21(28)7-9-22/h1-10,15H,11-14,16-17H2. The Hall–Kier alpha value is -3.94. The first-order valence-corrected chi connectivity index (χ1v) is 11.1. The number of hydrogen-bond donors (Lipinski definition) is 0. The molecule has 0 saturated carbocycles. The summed E-state index contributed by atoms with van der Waals surface area (Å²) in [7, 11) is 0. The molecule has 8 heteroatoms. The summed E-state index contributed by atoms with van der Waals surface area (Å²) in [4.78, 5) is 31.3. The third kappa shape index (κ3) is 4.44. The Labute approximate surface area is 196 Å². The van der Waals surface area contributed by atoms with E-state index in [4.69, 9.17) is 4.74 Å². The molecule has 0 aliphatic carbocycles. The number of ether oxygens (including phenoxy) is 1. The largest absolute Gasteiger partial charge is 0.482 e. The van der Waals surface area contributed by atoms with Crippen molar-refractivity contribution in [2.24, 2.45) is 0 Å². The van der Waals surface area contributed by atoms with Gasteiger partial charge in [-0.2, -0.15) is 0 Å². The highest BCUT2D eigenvalue weighted by atomic mass is 19.1. The molecule has 3 aromatic rings. The lowest BCUT2D eigenvalue weighted by Crippen LogP contribution is -2.48. The summed E-state index contributed by atoms with van der Waals surface area (Å²) in [5.74, 6) is -0.444. The van der Waals surface area contributed by atoms with Crippen LogP contribution in [0.5, 0.6) is 5.75 Å². The van der Waals surface area contributed by atoms with Crippen LogP contribution in [-0.4, -0.2) is 49.5 Å². The second-order valence-corrected chi connectivity index (χ2v) is 8.33.